The van der Waals surface area contributed by atoms with Crippen molar-refractivity contribution in [2.24, 2.45) is 5.73 Å². The summed E-state index contributed by atoms with van der Waals surface area (Å²) in [5.74, 6) is -0.0601. The summed E-state index contributed by atoms with van der Waals surface area (Å²) >= 11 is 1.55. The van der Waals surface area contributed by atoms with E-state index < -0.39 is 0 Å². The summed E-state index contributed by atoms with van der Waals surface area (Å²) in [6, 6.07) is 0.234. The van der Waals surface area contributed by atoms with Crippen molar-refractivity contribution >= 4 is 34.8 Å². The smallest absolute Gasteiger partial charge is 0.255 e. The van der Waals surface area contributed by atoms with Crippen LogP contribution in [0.4, 0.5) is 5.13 Å². The van der Waals surface area contributed by atoms with Crippen molar-refractivity contribution in [2.45, 2.75) is 50.7 Å². The minimum Gasteiger partial charge on any atom is -0.368 e. The summed E-state index contributed by atoms with van der Waals surface area (Å²) in [7, 11) is 0. The monoisotopic (exact) mass is 317 g/mol. The maximum Gasteiger partial charge on any atom is 0.255 e. The van der Waals surface area contributed by atoms with Gasteiger partial charge < -0.3 is 10.5 Å². The molecule has 2 atom stereocenters. The molecule has 20 heavy (non-hydrogen) atoms. The lowest BCUT2D eigenvalue weighted by Gasteiger charge is -2.20. The molecule has 5 nitrogen and oxygen atoms in total. The largest absolute Gasteiger partial charge is 0.368 e. The molecule has 0 spiro atoms. The molecule has 2 aliphatic rings. The molecular weight excluding hydrogens is 298 g/mol. The highest BCUT2D eigenvalue weighted by atomic mass is 35.5. The third-order valence-corrected chi connectivity index (χ3v) is 4.72. The first kappa shape index (κ1) is 15.7. The topological polar surface area (TPSA) is 77.2 Å². The number of anilines is 1. The zero-order chi connectivity index (χ0) is 13.2. The number of nitrogens with zero attached hydrogens (tertiary/aromatic N) is 1. The molecule has 1 fully saturated rings. The molecule has 0 aromatic carbocycles. The summed E-state index contributed by atoms with van der Waals surface area (Å²) in [6.45, 7) is 0.682. The number of fused-ring (bicyclic) bond motifs is 1. The number of thiazole rings is 1. The summed E-state index contributed by atoms with van der Waals surface area (Å²) in [5, 5.41) is 3.58. The Morgan fingerprint density at radius 2 is 2.25 bits per heavy atom. The Hall–Kier alpha value is -0.690. The van der Waals surface area contributed by atoms with E-state index in [-0.39, 0.29) is 30.5 Å². The van der Waals surface area contributed by atoms with Gasteiger partial charge in [-0.1, -0.05) is 0 Å². The molecule has 0 saturated carbocycles. The number of carbonyl (C=O) groups excluding carboxylic acids is 1. The van der Waals surface area contributed by atoms with Gasteiger partial charge in [0.15, 0.2) is 5.13 Å². The van der Waals surface area contributed by atoms with E-state index in [1.165, 1.54) is 4.88 Å². The third kappa shape index (κ3) is 3.49. The normalized spacial score (nSPS) is 25.4. The Morgan fingerprint density at radius 1 is 1.40 bits per heavy atom. The number of nitrogens with one attached hydrogen (secondary N) is 1. The number of hydrogen-bond acceptors (Lipinski definition) is 5. The molecule has 0 bridgehead atoms. The van der Waals surface area contributed by atoms with Crippen molar-refractivity contribution in [3.63, 3.8) is 0 Å². The molecule has 0 radical (unpaired) electrons. The van der Waals surface area contributed by atoms with Crippen molar-refractivity contribution in [3.05, 3.63) is 10.6 Å². The highest BCUT2D eigenvalue weighted by Crippen LogP contribution is 2.29. The van der Waals surface area contributed by atoms with Crippen LogP contribution in [0.3, 0.4) is 0 Å². The Balaban J connectivity index is 0.00000147. The van der Waals surface area contributed by atoms with Crippen molar-refractivity contribution in [3.8, 4) is 0 Å². The minimum atomic E-state index is -0.308. The fourth-order valence-corrected chi connectivity index (χ4v) is 3.69. The van der Waals surface area contributed by atoms with Gasteiger partial charge in [-0.3, -0.25) is 10.1 Å². The predicted octanol–water partition coefficient (Wildman–Crippen LogP) is 1.89. The lowest BCUT2D eigenvalue weighted by molar-refractivity contribution is -0.129. The zero-order valence-electron chi connectivity index (χ0n) is 11.3. The van der Waals surface area contributed by atoms with Gasteiger partial charge in [0, 0.05) is 17.5 Å². The second kappa shape index (κ2) is 6.85. The Bertz CT molecular complexity index is 474. The van der Waals surface area contributed by atoms with Crippen LogP contribution >= 0.6 is 23.7 Å². The van der Waals surface area contributed by atoms with Gasteiger partial charge in [0.1, 0.15) is 6.10 Å². The van der Waals surface area contributed by atoms with Crippen LogP contribution in [-0.4, -0.2) is 29.6 Å². The summed E-state index contributed by atoms with van der Waals surface area (Å²) in [5.41, 5.74) is 7.05. The second-order valence-corrected chi connectivity index (χ2v) is 6.32. The number of aromatic nitrogens is 1. The van der Waals surface area contributed by atoms with Crippen LogP contribution in [0, 0.1) is 0 Å². The van der Waals surface area contributed by atoms with Gasteiger partial charge in [0.05, 0.1) is 5.69 Å². The van der Waals surface area contributed by atoms with Gasteiger partial charge >= 0.3 is 0 Å². The number of carbonyl (C=O) groups is 1. The first-order valence-corrected chi connectivity index (χ1v) is 7.70. The number of nitrogens with two attached hydrogens (primary N) is 1. The van der Waals surface area contributed by atoms with E-state index in [4.69, 9.17) is 10.5 Å². The number of ether oxygens (including phenoxy) is 1. The first-order valence-electron chi connectivity index (χ1n) is 6.89. The molecule has 1 aliphatic heterocycles. The van der Waals surface area contributed by atoms with Gasteiger partial charge in [-0.05, 0) is 38.5 Å². The zero-order valence-corrected chi connectivity index (χ0v) is 12.9. The van der Waals surface area contributed by atoms with E-state index in [9.17, 15) is 4.79 Å². The number of amides is 1. The quantitative estimate of drug-likeness (QED) is 0.873. The predicted molar refractivity (Wildman–Crippen MR) is 81.6 cm³/mol. The molecule has 1 unspecified atom stereocenters. The molecule has 7 heteroatoms. The highest BCUT2D eigenvalue weighted by molar-refractivity contribution is 7.15. The minimum absolute atomic E-state index is 0. The molecule has 1 aromatic heterocycles. The number of hydrogen-bond donors (Lipinski definition) is 2. The second-order valence-electron chi connectivity index (χ2n) is 5.24. The third-order valence-electron chi connectivity index (χ3n) is 3.68. The summed E-state index contributed by atoms with van der Waals surface area (Å²) < 4.78 is 5.48. The SMILES string of the molecule is Cl.N[C@H]1CCc2nc(NC(=O)C3CCCCO3)sc2C1. The van der Waals surface area contributed by atoms with E-state index in [0.29, 0.717) is 11.7 Å². The molecule has 3 rings (SSSR count). The maximum atomic E-state index is 12.1. The van der Waals surface area contributed by atoms with Crippen LogP contribution in [0.25, 0.3) is 0 Å². The molecule has 1 amide bonds. The Kier molecular flexibility index (Phi) is 5.37. The number of halogens is 1. The average Bonchev–Trinajstić information content (AvgIpc) is 2.81. The van der Waals surface area contributed by atoms with Gasteiger partial charge in [-0.2, -0.15) is 0 Å². The molecular formula is C13H20ClN3O2S. The van der Waals surface area contributed by atoms with Crippen molar-refractivity contribution in [1.29, 1.82) is 0 Å². The van der Waals surface area contributed by atoms with Crippen molar-refractivity contribution in [2.75, 3.05) is 11.9 Å². The van der Waals surface area contributed by atoms with E-state index in [1.54, 1.807) is 11.3 Å². The highest BCUT2D eigenvalue weighted by Gasteiger charge is 2.25. The summed E-state index contributed by atoms with van der Waals surface area (Å²) in [4.78, 5) is 17.8. The standard InChI is InChI=1S/C13H19N3O2S.ClH/c14-8-4-5-9-11(7-8)19-13(15-9)16-12(17)10-3-1-2-6-18-10;/h8,10H,1-7,14H2,(H,15,16,17);1H/t8-,10?;/m0./s1. The van der Waals surface area contributed by atoms with Crippen LogP contribution in [0.5, 0.6) is 0 Å². The molecule has 1 aliphatic carbocycles. The molecule has 112 valence electrons. The lowest BCUT2D eigenvalue weighted by atomic mass is 9.99. The van der Waals surface area contributed by atoms with Crippen LogP contribution < -0.4 is 11.1 Å². The number of aryl methyl sites for hydroxylation is 1. The van der Waals surface area contributed by atoms with Crippen molar-refractivity contribution in [1.82, 2.24) is 4.98 Å². The van der Waals surface area contributed by atoms with Gasteiger partial charge in [0.25, 0.3) is 5.91 Å². The van der Waals surface area contributed by atoms with Crippen molar-refractivity contribution < 1.29 is 9.53 Å². The summed E-state index contributed by atoms with van der Waals surface area (Å²) in [6.07, 6.45) is 5.38. The van der Waals surface area contributed by atoms with Crippen LogP contribution in [0.2, 0.25) is 0 Å². The number of rotatable bonds is 2. The van der Waals surface area contributed by atoms with Gasteiger partial charge in [0.2, 0.25) is 0 Å². The fourth-order valence-electron chi connectivity index (χ4n) is 2.59. The fraction of sp³-hybridized carbons (Fsp3) is 0.692. The molecule has 1 aromatic rings. The van der Waals surface area contributed by atoms with Crippen LogP contribution in [0.15, 0.2) is 0 Å². The average molecular weight is 318 g/mol. The van der Waals surface area contributed by atoms with Crippen LogP contribution in [-0.2, 0) is 22.4 Å². The Morgan fingerprint density at radius 3 is 3.00 bits per heavy atom. The first-order chi connectivity index (χ1) is 9.22. The molecule has 1 saturated heterocycles. The van der Waals surface area contributed by atoms with Gasteiger partial charge in [-0.15, -0.1) is 23.7 Å². The van der Waals surface area contributed by atoms with Crippen LogP contribution in [0.1, 0.15) is 36.3 Å². The lowest BCUT2D eigenvalue weighted by Crippen LogP contribution is -2.33. The van der Waals surface area contributed by atoms with Gasteiger partial charge in [-0.25, -0.2) is 4.98 Å². The maximum absolute atomic E-state index is 12.1. The Labute approximate surface area is 128 Å². The van der Waals surface area contributed by atoms with E-state index in [0.717, 1.165) is 44.2 Å². The van der Waals surface area contributed by atoms with E-state index in [1.807, 2.05) is 0 Å². The molecule has 2 heterocycles. The molecule has 3 N–H and O–H groups in total. The van der Waals surface area contributed by atoms with E-state index in [2.05, 4.69) is 10.3 Å². The van der Waals surface area contributed by atoms with E-state index >= 15 is 0 Å².